The van der Waals surface area contributed by atoms with Gasteiger partial charge in [-0.3, -0.25) is 4.90 Å². The van der Waals surface area contributed by atoms with Crippen LogP contribution in [0.15, 0.2) is 36.4 Å². The van der Waals surface area contributed by atoms with Crippen LogP contribution in [0.5, 0.6) is 5.75 Å². The number of aromatic hydroxyl groups is 1. The lowest BCUT2D eigenvalue weighted by molar-refractivity contribution is -0.163. The second kappa shape index (κ2) is 9.09. The van der Waals surface area contributed by atoms with Crippen LogP contribution in [0.1, 0.15) is 25.0 Å². The molecule has 3 aromatic rings. The van der Waals surface area contributed by atoms with E-state index in [-0.39, 0.29) is 12.2 Å². The molecule has 1 unspecified atom stereocenters. The summed E-state index contributed by atoms with van der Waals surface area (Å²) in [6, 6.07) is 11.2. The lowest BCUT2D eigenvalue weighted by Crippen LogP contribution is -2.51. The standard InChI is InChI=1S/C22H30N4O4/c1-6-25(14-20(29-4)30-5)22(3,28)13-16-11-15(2)12-19(21(16)27)26-23-17-9-7-8-10-18(17)24-26/h7-12,20,27-28H,6,13-14H2,1-5H3. The fourth-order valence-corrected chi connectivity index (χ4v) is 3.65. The Labute approximate surface area is 176 Å². The van der Waals surface area contributed by atoms with Crippen molar-refractivity contribution < 1.29 is 19.7 Å². The van der Waals surface area contributed by atoms with Crippen molar-refractivity contribution >= 4 is 11.0 Å². The van der Waals surface area contributed by atoms with Crippen LogP contribution >= 0.6 is 0 Å². The smallest absolute Gasteiger partial charge is 0.169 e. The van der Waals surface area contributed by atoms with Gasteiger partial charge in [-0.1, -0.05) is 25.1 Å². The van der Waals surface area contributed by atoms with Crippen LogP contribution in [-0.4, -0.2) is 69.4 Å². The predicted octanol–water partition coefficient (Wildman–Crippen LogP) is 2.63. The minimum atomic E-state index is -1.23. The molecule has 3 rings (SSSR count). The first-order valence-corrected chi connectivity index (χ1v) is 9.97. The van der Waals surface area contributed by atoms with Gasteiger partial charge in [-0.25, -0.2) is 0 Å². The monoisotopic (exact) mass is 414 g/mol. The zero-order chi connectivity index (χ0) is 21.9. The first-order valence-electron chi connectivity index (χ1n) is 9.97. The van der Waals surface area contributed by atoms with Gasteiger partial charge in [0.05, 0.1) is 6.54 Å². The summed E-state index contributed by atoms with van der Waals surface area (Å²) in [6.07, 6.45) is -0.249. The van der Waals surface area contributed by atoms with Crippen molar-refractivity contribution in [2.75, 3.05) is 27.3 Å². The Kier molecular flexibility index (Phi) is 6.72. The molecule has 0 aliphatic carbocycles. The van der Waals surface area contributed by atoms with E-state index in [9.17, 15) is 10.2 Å². The van der Waals surface area contributed by atoms with Crippen molar-refractivity contribution in [2.45, 2.75) is 39.2 Å². The average molecular weight is 415 g/mol. The summed E-state index contributed by atoms with van der Waals surface area (Å²) in [5, 5.41) is 31.2. The maximum Gasteiger partial charge on any atom is 0.169 e. The first-order chi connectivity index (χ1) is 14.3. The molecule has 0 fully saturated rings. The Morgan fingerprint density at radius 3 is 2.27 bits per heavy atom. The van der Waals surface area contributed by atoms with Crippen LogP contribution in [0.25, 0.3) is 16.7 Å². The first kappa shape index (κ1) is 22.2. The lowest BCUT2D eigenvalue weighted by Gasteiger charge is -2.38. The third-order valence-electron chi connectivity index (χ3n) is 5.30. The van der Waals surface area contributed by atoms with E-state index in [1.54, 1.807) is 21.1 Å². The number of aliphatic hydroxyl groups is 1. The summed E-state index contributed by atoms with van der Waals surface area (Å²) in [5.41, 5.74) is 2.29. The van der Waals surface area contributed by atoms with Gasteiger partial charge in [0.1, 0.15) is 28.2 Å². The van der Waals surface area contributed by atoms with Gasteiger partial charge < -0.3 is 19.7 Å². The van der Waals surface area contributed by atoms with Crippen LogP contribution in [0.3, 0.4) is 0 Å². The molecule has 162 valence electrons. The average Bonchev–Trinajstić information content (AvgIpc) is 3.15. The van der Waals surface area contributed by atoms with Crippen LogP contribution in [0.2, 0.25) is 0 Å². The fraction of sp³-hybridized carbons (Fsp3) is 0.455. The third-order valence-corrected chi connectivity index (χ3v) is 5.30. The van der Waals surface area contributed by atoms with Crippen LogP contribution in [-0.2, 0) is 15.9 Å². The third kappa shape index (κ3) is 4.62. The Balaban J connectivity index is 1.94. The number of methoxy groups -OCH3 is 2. The van der Waals surface area contributed by atoms with Crippen molar-refractivity contribution in [3.05, 3.63) is 47.5 Å². The summed E-state index contributed by atoms with van der Waals surface area (Å²) in [7, 11) is 3.13. The quantitative estimate of drug-likeness (QED) is 0.520. The molecule has 0 saturated carbocycles. The number of phenols is 1. The molecule has 0 saturated heterocycles. The molecule has 8 heteroatoms. The second-order valence-electron chi connectivity index (χ2n) is 7.60. The zero-order valence-electron chi connectivity index (χ0n) is 18.2. The molecule has 0 aliphatic rings. The summed E-state index contributed by atoms with van der Waals surface area (Å²) in [5.74, 6) is 0.0484. The molecule has 0 radical (unpaired) electrons. The van der Waals surface area contributed by atoms with Crippen molar-refractivity contribution in [3.8, 4) is 11.4 Å². The number of hydrogen-bond donors (Lipinski definition) is 2. The number of phenolic OH excluding ortho intramolecular Hbond substituents is 1. The Bertz CT molecular complexity index is 965. The Hall–Kier alpha value is -2.52. The molecule has 0 spiro atoms. The van der Waals surface area contributed by atoms with Gasteiger partial charge in [-0.05, 0) is 44.2 Å². The van der Waals surface area contributed by atoms with Gasteiger partial charge in [0.15, 0.2) is 6.29 Å². The highest BCUT2D eigenvalue weighted by atomic mass is 16.7. The van der Waals surface area contributed by atoms with E-state index in [0.717, 1.165) is 16.6 Å². The number of aromatic nitrogens is 3. The molecule has 30 heavy (non-hydrogen) atoms. The van der Waals surface area contributed by atoms with Crippen molar-refractivity contribution in [2.24, 2.45) is 0 Å². The summed E-state index contributed by atoms with van der Waals surface area (Å²) >= 11 is 0. The van der Waals surface area contributed by atoms with Crippen LogP contribution in [0, 0.1) is 6.92 Å². The van der Waals surface area contributed by atoms with Gasteiger partial charge in [0.2, 0.25) is 0 Å². The lowest BCUT2D eigenvalue weighted by atomic mass is 9.98. The molecule has 1 aromatic heterocycles. The van der Waals surface area contributed by atoms with E-state index in [2.05, 4.69) is 10.2 Å². The summed E-state index contributed by atoms with van der Waals surface area (Å²) in [4.78, 5) is 3.29. The molecule has 0 amide bonds. The normalized spacial score (nSPS) is 14.0. The molecule has 1 atom stereocenters. The fourth-order valence-electron chi connectivity index (χ4n) is 3.65. The number of aryl methyl sites for hydroxylation is 1. The van der Waals surface area contributed by atoms with E-state index in [4.69, 9.17) is 9.47 Å². The van der Waals surface area contributed by atoms with Gasteiger partial charge in [0, 0.05) is 26.2 Å². The predicted molar refractivity (Wildman–Crippen MR) is 115 cm³/mol. The highest BCUT2D eigenvalue weighted by Gasteiger charge is 2.32. The van der Waals surface area contributed by atoms with E-state index in [0.29, 0.717) is 24.3 Å². The number of rotatable bonds is 9. The maximum atomic E-state index is 11.2. The number of nitrogens with zero attached hydrogens (tertiary/aromatic N) is 4. The van der Waals surface area contributed by atoms with E-state index < -0.39 is 12.0 Å². The summed E-state index contributed by atoms with van der Waals surface area (Å²) < 4.78 is 10.6. The SMILES string of the molecule is CCN(CC(OC)OC)C(C)(O)Cc1cc(C)cc(-n2nc3ccccc3n2)c1O. The number of benzene rings is 2. The molecule has 8 nitrogen and oxygen atoms in total. The maximum absolute atomic E-state index is 11.2. The minimum absolute atomic E-state index is 0.0484. The van der Waals surface area contributed by atoms with Gasteiger partial charge in [0.25, 0.3) is 0 Å². The van der Waals surface area contributed by atoms with Crippen molar-refractivity contribution in [1.29, 1.82) is 0 Å². The van der Waals surface area contributed by atoms with Crippen molar-refractivity contribution in [3.63, 3.8) is 0 Å². The van der Waals surface area contributed by atoms with Gasteiger partial charge >= 0.3 is 0 Å². The number of ether oxygens (including phenoxy) is 2. The molecule has 2 N–H and O–H groups in total. The van der Waals surface area contributed by atoms with Gasteiger partial charge in [-0.15, -0.1) is 15.0 Å². The molecule has 0 bridgehead atoms. The Morgan fingerprint density at radius 2 is 1.73 bits per heavy atom. The largest absolute Gasteiger partial charge is 0.505 e. The van der Waals surface area contributed by atoms with E-state index >= 15 is 0 Å². The highest BCUT2D eigenvalue weighted by molar-refractivity contribution is 5.73. The summed E-state index contributed by atoms with van der Waals surface area (Å²) in [6.45, 7) is 6.59. The topological polar surface area (TPSA) is 92.9 Å². The highest BCUT2D eigenvalue weighted by Crippen LogP contribution is 2.31. The number of likely N-dealkylation sites (N-methyl/N-ethyl adjacent to an activating group) is 1. The molecule has 1 heterocycles. The number of hydrogen-bond acceptors (Lipinski definition) is 7. The Morgan fingerprint density at radius 1 is 1.13 bits per heavy atom. The molecule has 0 aliphatic heterocycles. The zero-order valence-corrected chi connectivity index (χ0v) is 18.2. The minimum Gasteiger partial charge on any atom is -0.505 e. The van der Waals surface area contributed by atoms with Crippen LogP contribution < -0.4 is 0 Å². The van der Waals surface area contributed by atoms with E-state index in [1.807, 2.05) is 55.1 Å². The van der Waals surface area contributed by atoms with Gasteiger partial charge in [-0.2, -0.15) is 0 Å². The second-order valence-corrected chi connectivity index (χ2v) is 7.60. The molecular weight excluding hydrogens is 384 g/mol. The van der Waals surface area contributed by atoms with Crippen molar-refractivity contribution in [1.82, 2.24) is 19.9 Å². The number of fused-ring (bicyclic) bond motifs is 1. The molecular formula is C22H30N4O4. The van der Waals surface area contributed by atoms with Crippen LogP contribution in [0.4, 0.5) is 0 Å². The van der Waals surface area contributed by atoms with E-state index in [1.165, 1.54) is 4.80 Å². The molecule has 2 aromatic carbocycles.